The molecule has 2 rings (SSSR count). The van der Waals surface area contributed by atoms with Crippen LogP contribution in [0.4, 0.5) is 0 Å². The highest BCUT2D eigenvalue weighted by molar-refractivity contribution is 7.80. The van der Waals surface area contributed by atoms with Gasteiger partial charge in [-0.05, 0) is 38.6 Å². The molecule has 2 fully saturated rings. The Morgan fingerprint density at radius 2 is 2.25 bits per heavy atom. The second-order valence-electron chi connectivity index (χ2n) is 4.97. The lowest BCUT2D eigenvalue weighted by Gasteiger charge is -2.32. The third kappa shape index (κ3) is 3.40. The fraction of sp³-hybridized carbons (Fsp3) is 0.917. The summed E-state index contributed by atoms with van der Waals surface area (Å²) in [6.45, 7) is 4.36. The SMILES string of the molecule is NC(=S)C1CCCN(CCC2CCCO2)C1. The minimum atomic E-state index is 0.438. The lowest BCUT2D eigenvalue weighted by Crippen LogP contribution is -2.41. The summed E-state index contributed by atoms with van der Waals surface area (Å²) < 4.78 is 5.64. The molecule has 16 heavy (non-hydrogen) atoms. The summed E-state index contributed by atoms with van der Waals surface area (Å²) in [6.07, 6.45) is 6.56. The number of likely N-dealkylation sites (tertiary alicyclic amines) is 1. The maximum Gasteiger partial charge on any atom is 0.0771 e. The summed E-state index contributed by atoms with van der Waals surface area (Å²) in [5, 5.41) is 0. The van der Waals surface area contributed by atoms with Gasteiger partial charge >= 0.3 is 0 Å². The number of nitrogens with zero attached hydrogens (tertiary/aromatic N) is 1. The van der Waals surface area contributed by atoms with Crippen LogP contribution >= 0.6 is 12.2 Å². The molecule has 0 spiro atoms. The van der Waals surface area contributed by atoms with Crippen LogP contribution in [0.1, 0.15) is 32.1 Å². The Morgan fingerprint density at radius 1 is 1.38 bits per heavy atom. The summed E-state index contributed by atoms with van der Waals surface area (Å²) >= 11 is 5.09. The molecule has 2 aliphatic rings. The van der Waals surface area contributed by atoms with Crippen LogP contribution in [0.3, 0.4) is 0 Å². The summed E-state index contributed by atoms with van der Waals surface area (Å²) in [6, 6.07) is 0. The quantitative estimate of drug-likeness (QED) is 0.759. The molecule has 0 aliphatic carbocycles. The van der Waals surface area contributed by atoms with Crippen molar-refractivity contribution in [1.82, 2.24) is 4.90 Å². The Bertz CT molecular complexity index is 241. The second kappa shape index (κ2) is 5.94. The van der Waals surface area contributed by atoms with E-state index in [0.29, 0.717) is 17.0 Å². The maximum absolute atomic E-state index is 5.73. The van der Waals surface area contributed by atoms with Gasteiger partial charge in [-0.3, -0.25) is 0 Å². The fourth-order valence-corrected chi connectivity index (χ4v) is 2.88. The zero-order valence-corrected chi connectivity index (χ0v) is 10.7. The van der Waals surface area contributed by atoms with Crippen molar-refractivity contribution in [3.8, 4) is 0 Å². The smallest absolute Gasteiger partial charge is 0.0771 e. The number of piperidine rings is 1. The van der Waals surface area contributed by atoms with Crippen LogP contribution in [0.2, 0.25) is 0 Å². The van der Waals surface area contributed by atoms with Gasteiger partial charge in [-0.1, -0.05) is 12.2 Å². The summed E-state index contributed by atoms with van der Waals surface area (Å²) in [5.41, 5.74) is 5.73. The van der Waals surface area contributed by atoms with E-state index in [-0.39, 0.29) is 0 Å². The maximum atomic E-state index is 5.73. The van der Waals surface area contributed by atoms with Crippen molar-refractivity contribution >= 4 is 17.2 Å². The van der Waals surface area contributed by atoms with E-state index < -0.39 is 0 Å². The van der Waals surface area contributed by atoms with Crippen molar-refractivity contribution in [2.75, 3.05) is 26.2 Å². The summed E-state index contributed by atoms with van der Waals surface area (Å²) in [4.78, 5) is 3.19. The molecule has 0 aromatic carbocycles. The van der Waals surface area contributed by atoms with Gasteiger partial charge in [-0.2, -0.15) is 0 Å². The van der Waals surface area contributed by atoms with Gasteiger partial charge in [0.05, 0.1) is 11.1 Å². The zero-order valence-electron chi connectivity index (χ0n) is 9.86. The third-order valence-corrected chi connectivity index (χ3v) is 4.03. The van der Waals surface area contributed by atoms with Crippen molar-refractivity contribution in [1.29, 1.82) is 0 Å². The van der Waals surface area contributed by atoms with E-state index in [0.717, 1.165) is 19.7 Å². The molecule has 2 atom stereocenters. The molecule has 2 N–H and O–H groups in total. The van der Waals surface area contributed by atoms with E-state index in [1.807, 2.05) is 0 Å². The summed E-state index contributed by atoms with van der Waals surface area (Å²) in [5.74, 6) is 0.438. The first-order valence-corrected chi connectivity index (χ1v) is 6.80. The molecule has 0 amide bonds. The van der Waals surface area contributed by atoms with Gasteiger partial charge < -0.3 is 15.4 Å². The van der Waals surface area contributed by atoms with Crippen LogP contribution in [-0.4, -0.2) is 42.2 Å². The lowest BCUT2D eigenvalue weighted by molar-refractivity contribution is 0.0867. The molecule has 0 bridgehead atoms. The highest BCUT2D eigenvalue weighted by Gasteiger charge is 2.23. The molecule has 2 aliphatic heterocycles. The van der Waals surface area contributed by atoms with E-state index in [2.05, 4.69) is 4.90 Å². The van der Waals surface area contributed by atoms with Crippen molar-refractivity contribution < 1.29 is 4.74 Å². The van der Waals surface area contributed by atoms with Crippen LogP contribution in [0.5, 0.6) is 0 Å². The molecule has 4 heteroatoms. The highest BCUT2D eigenvalue weighted by atomic mass is 32.1. The number of thiocarbonyl (C=S) groups is 1. The Kier molecular flexibility index (Phi) is 4.55. The number of hydrogen-bond acceptors (Lipinski definition) is 3. The molecule has 2 unspecified atom stereocenters. The van der Waals surface area contributed by atoms with Gasteiger partial charge in [-0.15, -0.1) is 0 Å². The standard InChI is InChI=1S/C12H22N2OS/c13-12(16)10-3-1-6-14(9-10)7-5-11-4-2-8-15-11/h10-11H,1-9H2,(H2,13,16). The lowest BCUT2D eigenvalue weighted by atomic mass is 9.98. The highest BCUT2D eigenvalue weighted by Crippen LogP contribution is 2.20. The van der Waals surface area contributed by atoms with Crippen molar-refractivity contribution in [2.24, 2.45) is 11.7 Å². The minimum absolute atomic E-state index is 0.438. The third-order valence-electron chi connectivity index (χ3n) is 3.70. The van der Waals surface area contributed by atoms with E-state index in [1.165, 1.54) is 38.6 Å². The molecule has 3 nitrogen and oxygen atoms in total. The molecular weight excluding hydrogens is 220 g/mol. The molecule has 2 heterocycles. The van der Waals surface area contributed by atoms with Gasteiger partial charge in [0.25, 0.3) is 0 Å². The molecule has 0 saturated carbocycles. The molecule has 0 aromatic rings. The topological polar surface area (TPSA) is 38.5 Å². The molecule has 0 aromatic heterocycles. The van der Waals surface area contributed by atoms with Gasteiger partial charge in [0, 0.05) is 25.6 Å². The number of nitrogens with two attached hydrogens (primary N) is 1. The average molecular weight is 242 g/mol. The van der Waals surface area contributed by atoms with Crippen molar-refractivity contribution in [2.45, 2.75) is 38.2 Å². The second-order valence-corrected chi connectivity index (χ2v) is 5.44. The van der Waals surface area contributed by atoms with Crippen molar-refractivity contribution in [3.63, 3.8) is 0 Å². The van der Waals surface area contributed by atoms with Crippen molar-refractivity contribution in [3.05, 3.63) is 0 Å². The summed E-state index contributed by atoms with van der Waals surface area (Å²) in [7, 11) is 0. The first-order valence-electron chi connectivity index (χ1n) is 6.39. The van der Waals surface area contributed by atoms with Gasteiger partial charge in [-0.25, -0.2) is 0 Å². The number of ether oxygens (including phenoxy) is 1. The predicted molar refractivity (Wildman–Crippen MR) is 69.5 cm³/mol. The Balaban J connectivity index is 1.70. The normalized spacial score (nSPS) is 31.8. The Morgan fingerprint density at radius 3 is 2.94 bits per heavy atom. The van der Waals surface area contributed by atoms with E-state index in [4.69, 9.17) is 22.7 Å². The number of rotatable bonds is 4. The van der Waals surface area contributed by atoms with Gasteiger partial charge in [0.2, 0.25) is 0 Å². The van der Waals surface area contributed by atoms with E-state index >= 15 is 0 Å². The van der Waals surface area contributed by atoms with Crippen LogP contribution < -0.4 is 5.73 Å². The molecule has 92 valence electrons. The minimum Gasteiger partial charge on any atom is -0.393 e. The molecular formula is C12H22N2OS. The molecule has 2 saturated heterocycles. The van der Waals surface area contributed by atoms with E-state index in [9.17, 15) is 0 Å². The van der Waals surface area contributed by atoms with Gasteiger partial charge in [0.15, 0.2) is 0 Å². The van der Waals surface area contributed by atoms with Gasteiger partial charge in [0.1, 0.15) is 0 Å². The molecule has 0 radical (unpaired) electrons. The monoisotopic (exact) mass is 242 g/mol. The van der Waals surface area contributed by atoms with Crippen LogP contribution in [0.15, 0.2) is 0 Å². The largest absolute Gasteiger partial charge is 0.393 e. The Hall–Kier alpha value is -0.190. The first kappa shape index (κ1) is 12.3. The average Bonchev–Trinajstić information content (AvgIpc) is 2.79. The van der Waals surface area contributed by atoms with E-state index in [1.54, 1.807) is 0 Å². The number of hydrogen-bond donors (Lipinski definition) is 1. The van der Waals surface area contributed by atoms with Crippen LogP contribution in [0, 0.1) is 5.92 Å². The van der Waals surface area contributed by atoms with Crippen LogP contribution in [-0.2, 0) is 4.74 Å². The zero-order chi connectivity index (χ0) is 11.4. The predicted octanol–water partition coefficient (Wildman–Crippen LogP) is 1.55. The van der Waals surface area contributed by atoms with Crippen LogP contribution in [0.25, 0.3) is 0 Å². The Labute approximate surface area is 103 Å². The first-order chi connectivity index (χ1) is 7.75. The fourth-order valence-electron chi connectivity index (χ4n) is 2.69.